The summed E-state index contributed by atoms with van der Waals surface area (Å²) >= 11 is 1.82. The van der Waals surface area contributed by atoms with Crippen molar-refractivity contribution in [3.63, 3.8) is 0 Å². The maximum Gasteiger partial charge on any atom is 0.164 e. The molecule has 1 N–H and O–H groups in total. The molecule has 2 heterocycles. The Morgan fingerprint density at radius 1 is 1.22 bits per heavy atom. The summed E-state index contributed by atoms with van der Waals surface area (Å²) in [7, 11) is 0. The van der Waals surface area contributed by atoms with Gasteiger partial charge in [-0.3, -0.25) is 4.79 Å². The predicted octanol–water partition coefficient (Wildman–Crippen LogP) is 5.08. The molecular weight excluding hydrogens is 302 g/mol. The molecule has 0 bridgehead atoms. The minimum atomic E-state index is 0.268. The molecule has 0 aliphatic carbocycles. The molecule has 1 aliphatic heterocycles. The molecule has 4 rings (SSSR count). The Bertz CT molecular complexity index is 874. The lowest BCUT2D eigenvalue weighted by Crippen LogP contribution is -2.35. The van der Waals surface area contributed by atoms with Crippen molar-refractivity contribution in [2.45, 2.75) is 38.6 Å². The van der Waals surface area contributed by atoms with Crippen LogP contribution in [0.1, 0.15) is 41.6 Å². The zero-order valence-electron chi connectivity index (χ0n) is 13.4. The molecular formula is C20H21NOS. The van der Waals surface area contributed by atoms with E-state index in [2.05, 4.69) is 48.6 Å². The summed E-state index contributed by atoms with van der Waals surface area (Å²) in [5, 5.41) is 5.97. The van der Waals surface area contributed by atoms with Crippen LogP contribution in [0.25, 0.3) is 20.2 Å². The van der Waals surface area contributed by atoms with Crippen LogP contribution in [-0.4, -0.2) is 18.4 Å². The number of hydrogen-bond acceptors (Lipinski definition) is 3. The third-order valence-corrected chi connectivity index (χ3v) is 6.15. The molecule has 23 heavy (non-hydrogen) atoms. The Labute approximate surface area is 140 Å². The predicted molar refractivity (Wildman–Crippen MR) is 98.7 cm³/mol. The normalized spacial score (nSPS) is 18.6. The van der Waals surface area contributed by atoms with Crippen molar-refractivity contribution in [1.82, 2.24) is 5.32 Å². The van der Waals surface area contributed by atoms with Gasteiger partial charge in [0.2, 0.25) is 0 Å². The monoisotopic (exact) mass is 323 g/mol. The highest BCUT2D eigenvalue weighted by Gasteiger charge is 2.19. The largest absolute Gasteiger partial charge is 0.314 e. The number of ketones is 1. The van der Waals surface area contributed by atoms with Crippen LogP contribution in [0.4, 0.5) is 0 Å². The van der Waals surface area contributed by atoms with Crippen molar-refractivity contribution >= 4 is 37.3 Å². The van der Waals surface area contributed by atoms with Crippen LogP contribution in [0.15, 0.2) is 36.4 Å². The minimum absolute atomic E-state index is 0.268. The van der Waals surface area contributed by atoms with E-state index in [4.69, 9.17) is 0 Å². The Hall–Kier alpha value is -1.71. The summed E-state index contributed by atoms with van der Waals surface area (Å²) in [6.07, 6.45) is 4.20. The molecule has 1 unspecified atom stereocenters. The Balaban J connectivity index is 1.72. The summed E-state index contributed by atoms with van der Waals surface area (Å²) in [6.45, 7) is 3.17. The molecule has 1 fully saturated rings. The lowest BCUT2D eigenvalue weighted by Gasteiger charge is -2.22. The maximum atomic E-state index is 12.7. The van der Waals surface area contributed by atoms with Crippen LogP contribution in [-0.2, 0) is 0 Å². The molecule has 0 radical (unpaired) electrons. The zero-order valence-corrected chi connectivity index (χ0v) is 14.2. The van der Waals surface area contributed by atoms with Gasteiger partial charge in [0.25, 0.3) is 0 Å². The molecule has 1 aromatic heterocycles. The molecule has 1 atom stereocenters. The van der Waals surface area contributed by atoms with Crippen molar-refractivity contribution in [2.75, 3.05) is 6.54 Å². The van der Waals surface area contributed by atoms with Gasteiger partial charge in [0.1, 0.15) is 0 Å². The third kappa shape index (κ3) is 2.79. The van der Waals surface area contributed by atoms with Crippen molar-refractivity contribution in [2.24, 2.45) is 0 Å². The second-order valence-corrected chi connectivity index (χ2v) is 7.59. The van der Waals surface area contributed by atoms with Crippen LogP contribution in [0, 0.1) is 6.92 Å². The molecule has 0 saturated carbocycles. The fourth-order valence-electron chi connectivity index (χ4n) is 3.60. The van der Waals surface area contributed by atoms with E-state index in [0.717, 1.165) is 18.5 Å². The number of fused-ring (bicyclic) bond motifs is 3. The van der Waals surface area contributed by atoms with E-state index in [-0.39, 0.29) is 5.78 Å². The van der Waals surface area contributed by atoms with Gasteiger partial charge in [-0.1, -0.05) is 24.6 Å². The highest BCUT2D eigenvalue weighted by atomic mass is 32.1. The molecule has 2 aromatic carbocycles. The van der Waals surface area contributed by atoms with Gasteiger partial charge < -0.3 is 5.32 Å². The van der Waals surface area contributed by atoms with Crippen molar-refractivity contribution < 1.29 is 4.79 Å². The van der Waals surface area contributed by atoms with Crippen LogP contribution >= 0.6 is 11.3 Å². The summed E-state index contributed by atoms with van der Waals surface area (Å²) in [5.41, 5.74) is 2.08. The zero-order chi connectivity index (χ0) is 15.8. The van der Waals surface area contributed by atoms with Gasteiger partial charge in [0.05, 0.1) is 0 Å². The van der Waals surface area contributed by atoms with Crippen molar-refractivity contribution in [3.8, 4) is 0 Å². The van der Waals surface area contributed by atoms with Crippen LogP contribution in [0.3, 0.4) is 0 Å². The van der Waals surface area contributed by atoms with E-state index in [1.165, 1.54) is 38.6 Å². The summed E-state index contributed by atoms with van der Waals surface area (Å²) in [6, 6.07) is 13.0. The molecule has 0 spiro atoms. The van der Waals surface area contributed by atoms with Crippen LogP contribution in [0.5, 0.6) is 0 Å². The van der Waals surface area contributed by atoms with Gasteiger partial charge in [-0.05, 0) is 50.1 Å². The SMILES string of the molecule is Cc1cc(C(=O)CC2CCCCN2)cc2c1sc1ccccc12. The van der Waals surface area contributed by atoms with Crippen molar-refractivity contribution in [3.05, 3.63) is 47.5 Å². The van der Waals surface area contributed by atoms with Crippen LogP contribution in [0.2, 0.25) is 0 Å². The second kappa shape index (κ2) is 6.06. The molecule has 3 aromatic rings. The number of aryl methyl sites for hydroxylation is 1. The van der Waals surface area contributed by atoms with E-state index in [9.17, 15) is 4.79 Å². The van der Waals surface area contributed by atoms with E-state index in [1.54, 1.807) is 0 Å². The number of rotatable bonds is 3. The summed E-state index contributed by atoms with van der Waals surface area (Å²) in [5.74, 6) is 0.268. The van der Waals surface area contributed by atoms with Gasteiger partial charge in [0, 0.05) is 38.2 Å². The topological polar surface area (TPSA) is 29.1 Å². The Morgan fingerprint density at radius 3 is 2.91 bits per heavy atom. The fraction of sp³-hybridized carbons (Fsp3) is 0.350. The molecule has 3 heteroatoms. The van der Waals surface area contributed by atoms with Gasteiger partial charge in [-0.25, -0.2) is 0 Å². The quantitative estimate of drug-likeness (QED) is 0.681. The first-order valence-electron chi connectivity index (χ1n) is 8.41. The molecule has 118 valence electrons. The van der Waals surface area contributed by atoms with E-state index < -0.39 is 0 Å². The minimum Gasteiger partial charge on any atom is -0.314 e. The van der Waals surface area contributed by atoms with Gasteiger partial charge in [0.15, 0.2) is 5.78 Å². The molecule has 1 aliphatic rings. The lowest BCUT2D eigenvalue weighted by atomic mass is 9.95. The number of Topliss-reactive ketones (excluding diaryl/α,β-unsaturated/α-hetero) is 1. The number of carbonyl (C=O) groups excluding carboxylic acids is 1. The first kappa shape index (κ1) is 14.9. The number of benzene rings is 2. The number of carbonyl (C=O) groups is 1. The average Bonchev–Trinajstić information content (AvgIpc) is 2.95. The van der Waals surface area contributed by atoms with E-state index in [1.807, 2.05) is 11.3 Å². The fourth-order valence-corrected chi connectivity index (χ4v) is 4.75. The van der Waals surface area contributed by atoms with E-state index >= 15 is 0 Å². The maximum absolute atomic E-state index is 12.7. The first-order valence-corrected chi connectivity index (χ1v) is 9.22. The molecule has 2 nitrogen and oxygen atoms in total. The highest BCUT2D eigenvalue weighted by Crippen LogP contribution is 2.36. The number of piperidine rings is 1. The highest BCUT2D eigenvalue weighted by molar-refractivity contribution is 7.26. The van der Waals surface area contributed by atoms with Gasteiger partial charge >= 0.3 is 0 Å². The van der Waals surface area contributed by atoms with Crippen LogP contribution < -0.4 is 5.32 Å². The number of hydrogen-bond donors (Lipinski definition) is 1. The van der Waals surface area contributed by atoms with Crippen molar-refractivity contribution in [1.29, 1.82) is 0 Å². The lowest BCUT2D eigenvalue weighted by molar-refractivity contribution is 0.0964. The molecule has 0 amide bonds. The molecule has 1 saturated heterocycles. The number of thiophene rings is 1. The van der Waals surface area contributed by atoms with Gasteiger partial charge in [-0.2, -0.15) is 0 Å². The average molecular weight is 323 g/mol. The standard InChI is InChI=1S/C20H21NOS/c1-13-10-14(18(22)12-15-6-4-5-9-21-15)11-17-16-7-2-3-8-19(16)23-20(13)17/h2-3,7-8,10-11,15,21H,4-6,9,12H2,1H3. The summed E-state index contributed by atoms with van der Waals surface area (Å²) < 4.78 is 2.60. The second-order valence-electron chi connectivity index (χ2n) is 6.54. The Morgan fingerprint density at radius 2 is 2.09 bits per heavy atom. The third-order valence-electron chi connectivity index (χ3n) is 4.83. The van der Waals surface area contributed by atoms with Gasteiger partial charge in [-0.15, -0.1) is 11.3 Å². The summed E-state index contributed by atoms with van der Waals surface area (Å²) in [4.78, 5) is 12.7. The first-order chi connectivity index (χ1) is 11.2. The van der Waals surface area contributed by atoms with E-state index in [0.29, 0.717) is 12.5 Å². The number of nitrogens with one attached hydrogen (secondary N) is 1. The Kier molecular flexibility index (Phi) is 3.92. The smallest absolute Gasteiger partial charge is 0.164 e.